The number of amides is 1. The summed E-state index contributed by atoms with van der Waals surface area (Å²) < 4.78 is 38.5. The maximum absolute atomic E-state index is 13.6. The quantitative estimate of drug-likeness (QED) is 0.571. The van der Waals surface area contributed by atoms with Crippen LogP contribution in [0.5, 0.6) is 0 Å². The molecule has 0 N–H and O–H groups in total. The summed E-state index contributed by atoms with van der Waals surface area (Å²) in [6.07, 6.45) is 1.16. The van der Waals surface area contributed by atoms with Crippen LogP contribution in [0.1, 0.15) is 52.4 Å². The van der Waals surface area contributed by atoms with Gasteiger partial charge in [0.25, 0.3) is 5.91 Å². The van der Waals surface area contributed by atoms with Gasteiger partial charge >= 0.3 is 6.18 Å². The Bertz CT molecular complexity index is 1080. The van der Waals surface area contributed by atoms with Gasteiger partial charge in [0.15, 0.2) is 5.69 Å². The first kappa shape index (κ1) is 22.3. The lowest BCUT2D eigenvalue weighted by Crippen LogP contribution is -2.48. The maximum Gasteiger partial charge on any atom is 0.445 e. The summed E-state index contributed by atoms with van der Waals surface area (Å²) in [5.74, 6) is -0.0374. The van der Waals surface area contributed by atoms with E-state index in [1.165, 1.54) is 17.2 Å². The van der Waals surface area contributed by atoms with E-state index in [1.807, 2.05) is 0 Å². The lowest BCUT2D eigenvalue weighted by Gasteiger charge is -2.40. The maximum atomic E-state index is 13.6. The molecule has 0 bridgehead atoms. The fourth-order valence-electron chi connectivity index (χ4n) is 4.03. The SMILES string of the molecule is Cc1ccc(-n2nccn2)c(C(=O)N2CCC[C@@H](C)[C@H]2CCc2nnc(C(F)(F)F)s2)n1. The van der Waals surface area contributed by atoms with Crippen LogP contribution in [0.15, 0.2) is 24.5 Å². The predicted molar refractivity (Wildman–Crippen MR) is 110 cm³/mol. The highest BCUT2D eigenvalue weighted by Gasteiger charge is 2.37. The number of aromatic nitrogens is 6. The van der Waals surface area contributed by atoms with E-state index in [9.17, 15) is 18.0 Å². The van der Waals surface area contributed by atoms with Gasteiger partial charge in [-0.15, -0.1) is 15.0 Å². The second kappa shape index (κ2) is 8.93. The molecule has 1 fully saturated rings. The largest absolute Gasteiger partial charge is 0.445 e. The molecule has 0 saturated carbocycles. The molecule has 2 atom stereocenters. The minimum absolute atomic E-state index is 0.143. The summed E-state index contributed by atoms with van der Waals surface area (Å²) >= 11 is 0.555. The Balaban J connectivity index is 1.57. The lowest BCUT2D eigenvalue weighted by molar-refractivity contribution is -0.138. The normalized spacial score (nSPS) is 19.3. The van der Waals surface area contributed by atoms with Gasteiger partial charge in [0.1, 0.15) is 10.7 Å². The van der Waals surface area contributed by atoms with Gasteiger partial charge < -0.3 is 4.90 Å². The average molecular weight is 466 g/mol. The van der Waals surface area contributed by atoms with Crippen molar-refractivity contribution >= 4 is 17.2 Å². The fraction of sp³-hybridized carbons (Fsp3) is 0.500. The van der Waals surface area contributed by atoms with Crippen molar-refractivity contribution in [2.24, 2.45) is 5.92 Å². The molecule has 0 aliphatic carbocycles. The van der Waals surface area contributed by atoms with Crippen LogP contribution >= 0.6 is 11.3 Å². The van der Waals surface area contributed by atoms with Crippen molar-refractivity contribution in [1.29, 1.82) is 0 Å². The van der Waals surface area contributed by atoms with Crippen molar-refractivity contribution in [3.63, 3.8) is 0 Å². The Kier molecular flexibility index (Phi) is 6.22. The van der Waals surface area contributed by atoms with Crippen LogP contribution in [0.4, 0.5) is 13.2 Å². The zero-order valence-electron chi connectivity index (χ0n) is 17.6. The number of aryl methyl sites for hydroxylation is 2. The number of hydrogen-bond donors (Lipinski definition) is 0. The molecule has 12 heteroatoms. The molecule has 1 saturated heterocycles. The highest BCUT2D eigenvalue weighted by Crippen LogP contribution is 2.33. The van der Waals surface area contributed by atoms with Crippen LogP contribution in [0.25, 0.3) is 5.69 Å². The molecule has 1 aliphatic heterocycles. The number of halogens is 3. The van der Waals surface area contributed by atoms with Gasteiger partial charge in [-0.1, -0.05) is 18.3 Å². The van der Waals surface area contributed by atoms with Crippen LogP contribution in [0, 0.1) is 12.8 Å². The first-order valence-electron chi connectivity index (χ1n) is 10.3. The van der Waals surface area contributed by atoms with E-state index in [4.69, 9.17) is 0 Å². The minimum Gasteiger partial charge on any atom is -0.334 e. The van der Waals surface area contributed by atoms with Gasteiger partial charge in [0.2, 0.25) is 5.01 Å². The van der Waals surface area contributed by atoms with Crippen molar-refractivity contribution in [1.82, 2.24) is 35.1 Å². The van der Waals surface area contributed by atoms with Gasteiger partial charge in [-0.25, -0.2) is 4.98 Å². The summed E-state index contributed by atoms with van der Waals surface area (Å²) in [6.45, 7) is 4.42. The highest BCUT2D eigenvalue weighted by atomic mass is 32.1. The van der Waals surface area contributed by atoms with Crippen molar-refractivity contribution in [3.8, 4) is 5.69 Å². The number of pyridine rings is 1. The first-order chi connectivity index (χ1) is 15.2. The molecule has 0 radical (unpaired) electrons. The van der Waals surface area contributed by atoms with E-state index in [1.54, 1.807) is 24.0 Å². The van der Waals surface area contributed by atoms with E-state index in [0.29, 0.717) is 47.1 Å². The Morgan fingerprint density at radius 1 is 1.22 bits per heavy atom. The standard InChI is InChI=1S/C20H22F3N7OS/c1-12-4-3-11-29(14(12)7-8-16-27-28-19(32-16)20(21,22)23)18(31)17-15(6-5-13(2)26-17)30-24-9-10-25-30/h5-6,9-10,12,14H,3-4,7-8,11H2,1-2H3/t12-,14-/m1/s1. The molecule has 1 amide bonds. The second-order valence-electron chi connectivity index (χ2n) is 7.86. The molecule has 0 unspecified atom stereocenters. The highest BCUT2D eigenvalue weighted by molar-refractivity contribution is 7.11. The van der Waals surface area contributed by atoms with Crippen LogP contribution in [0.2, 0.25) is 0 Å². The summed E-state index contributed by atoms with van der Waals surface area (Å²) in [5.41, 5.74) is 1.44. The molecule has 0 spiro atoms. The zero-order valence-corrected chi connectivity index (χ0v) is 18.4. The van der Waals surface area contributed by atoms with Crippen molar-refractivity contribution < 1.29 is 18.0 Å². The summed E-state index contributed by atoms with van der Waals surface area (Å²) in [5, 5.41) is 14.6. The molecule has 3 aromatic rings. The molecule has 4 rings (SSSR count). The van der Waals surface area contributed by atoms with E-state index in [2.05, 4.69) is 32.3 Å². The number of carbonyl (C=O) groups excluding carboxylic acids is 1. The third kappa shape index (κ3) is 4.64. The van der Waals surface area contributed by atoms with Crippen molar-refractivity contribution in [3.05, 3.63) is 45.9 Å². The molecule has 0 aromatic carbocycles. The van der Waals surface area contributed by atoms with Crippen LogP contribution in [-0.2, 0) is 12.6 Å². The van der Waals surface area contributed by atoms with E-state index >= 15 is 0 Å². The van der Waals surface area contributed by atoms with Crippen molar-refractivity contribution in [2.45, 2.75) is 51.7 Å². The molecule has 4 heterocycles. The van der Waals surface area contributed by atoms with Gasteiger partial charge in [0.05, 0.1) is 12.4 Å². The Hall–Kier alpha value is -2.89. The number of nitrogens with zero attached hydrogens (tertiary/aromatic N) is 7. The molecule has 8 nitrogen and oxygen atoms in total. The Labute approximate surface area is 186 Å². The molecule has 32 heavy (non-hydrogen) atoms. The molecule has 1 aliphatic rings. The topological polar surface area (TPSA) is 89.7 Å². The molecular formula is C20H22F3N7OS. The first-order valence-corrected chi connectivity index (χ1v) is 11.1. The lowest BCUT2D eigenvalue weighted by atomic mass is 9.87. The zero-order chi connectivity index (χ0) is 22.9. The Morgan fingerprint density at radius 3 is 2.66 bits per heavy atom. The fourth-order valence-corrected chi connectivity index (χ4v) is 4.75. The third-order valence-electron chi connectivity index (χ3n) is 5.59. The van der Waals surface area contributed by atoms with Crippen LogP contribution < -0.4 is 0 Å². The summed E-state index contributed by atoms with van der Waals surface area (Å²) in [6, 6.07) is 3.41. The smallest absolute Gasteiger partial charge is 0.334 e. The van der Waals surface area contributed by atoms with Gasteiger partial charge in [0, 0.05) is 24.7 Å². The molecule has 170 valence electrons. The Morgan fingerprint density at radius 2 is 1.97 bits per heavy atom. The van der Waals surface area contributed by atoms with E-state index < -0.39 is 11.2 Å². The van der Waals surface area contributed by atoms with Crippen LogP contribution in [0.3, 0.4) is 0 Å². The van der Waals surface area contributed by atoms with E-state index in [0.717, 1.165) is 12.8 Å². The van der Waals surface area contributed by atoms with Gasteiger partial charge in [-0.2, -0.15) is 23.4 Å². The second-order valence-corrected chi connectivity index (χ2v) is 8.92. The van der Waals surface area contributed by atoms with Crippen LogP contribution in [-0.4, -0.2) is 53.6 Å². The number of hydrogen-bond acceptors (Lipinski definition) is 7. The van der Waals surface area contributed by atoms with Crippen molar-refractivity contribution in [2.75, 3.05) is 6.54 Å². The van der Waals surface area contributed by atoms with E-state index in [-0.39, 0.29) is 23.6 Å². The monoisotopic (exact) mass is 465 g/mol. The average Bonchev–Trinajstić information content (AvgIpc) is 3.44. The summed E-state index contributed by atoms with van der Waals surface area (Å²) in [7, 11) is 0. The molecule has 3 aromatic heterocycles. The van der Waals surface area contributed by atoms with Gasteiger partial charge in [-0.3, -0.25) is 4.79 Å². The number of likely N-dealkylation sites (tertiary alicyclic amines) is 1. The molecular weight excluding hydrogens is 443 g/mol. The summed E-state index contributed by atoms with van der Waals surface area (Å²) in [4.78, 5) is 21.2. The number of alkyl halides is 3. The number of piperidine rings is 1. The number of carbonyl (C=O) groups is 1. The number of rotatable bonds is 5. The predicted octanol–water partition coefficient (Wildman–Crippen LogP) is 3.71. The van der Waals surface area contributed by atoms with Gasteiger partial charge in [-0.05, 0) is 44.2 Å². The minimum atomic E-state index is -4.50. The third-order valence-corrected chi connectivity index (χ3v) is 6.62.